The SMILES string of the molecule is CC(NC(=O)COc1ccc(Cl)cc1)C1CC1. The van der Waals surface area contributed by atoms with Crippen molar-refractivity contribution in [3.63, 3.8) is 0 Å². The molecule has 1 aliphatic carbocycles. The lowest BCUT2D eigenvalue weighted by Gasteiger charge is -2.13. The van der Waals surface area contributed by atoms with E-state index < -0.39 is 0 Å². The molecule has 0 bridgehead atoms. The van der Waals surface area contributed by atoms with Gasteiger partial charge < -0.3 is 10.1 Å². The van der Waals surface area contributed by atoms with Crippen molar-refractivity contribution in [3.8, 4) is 5.75 Å². The first kappa shape index (κ1) is 12.2. The second-order valence-electron chi connectivity index (χ2n) is 4.44. The Hall–Kier alpha value is -1.22. The highest BCUT2D eigenvalue weighted by Crippen LogP contribution is 2.32. The van der Waals surface area contributed by atoms with Gasteiger partial charge in [0.25, 0.3) is 5.91 Å². The van der Waals surface area contributed by atoms with Crippen molar-refractivity contribution in [2.75, 3.05) is 6.61 Å². The van der Waals surface area contributed by atoms with Crippen molar-refractivity contribution in [2.45, 2.75) is 25.8 Å². The number of amides is 1. The molecule has 1 aliphatic rings. The maximum Gasteiger partial charge on any atom is 0.258 e. The van der Waals surface area contributed by atoms with E-state index in [1.165, 1.54) is 12.8 Å². The third-order valence-electron chi connectivity index (χ3n) is 2.90. The van der Waals surface area contributed by atoms with Crippen molar-refractivity contribution >= 4 is 17.5 Å². The van der Waals surface area contributed by atoms with Crippen molar-refractivity contribution in [2.24, 2.45) is 5.92 Å². The maximum absolute atomic E-state index is 11.6. The predicted octanol–water partition coefficient (Wildman–Crippen LogP) is 2.63. The fraction of sp³-hybridized carbons (Fsp3) is 0.462. The van der Waals surface area contributed by atoms with E-state index in [1.54, 1.807) is 24.3 Å². The van der Waals surface area contributed by atoms with E-state index in [0.29, 0.717) is 16.7 Å². The number of rotatable bonds is 5. The van der Waals surface area contributed by atoms with Gasteiger partial charge in [-0.05, 0) is 49.9 Å². The second-order valence-corrected chi connectivity index (χ2v) is 4.87. The van der Waals surface area contributed by atoms with Gasteiger partial charge in [-0.3, -0.25) is 4.79 Å². The van der Waals surface area contributed by atoms with Gasteiger partial charge in [-0.2, -0.15) is 0 Å². The van der Waals surface area contributed by atoms with Crippen LogP contribution in [0.1, 0.15) is 19.8 Å². The minimum Gasteiger partial charge on any atom is -0.484 e. The van der Waals surface area contributed by atoms with Gasteiger partial charge in [0.1, 0.15) is 5.75 Å². The summed E-state index contributed by atoms with van der Waals surface area (Å²) in [5.74, 6) is 1.25. The lowest BCUT2D eigenvalue weighted by atomic mass is 10.2. The number of hydrogen-bond acceptors (Lipinski definition) is 2. The average Bonchev–Trinajstić information content (AvgIpc) is 3.12. The molecule has 2 rings (SSSR count). The van der Waals surface area contributed by atoms with E-state index in [-0.39, 0.29) is 18.6 Å². The number of halogens is 1. The number of ether oxygens (including phenoxy) is 1. The summed E-state index contributed by atoms with van der Waals surface area (Å²) < 4.78 is 5.35. The fourth-order valence-corrected chi connectivity index (χ4v) is 1.82. The standard InChI is InChI=1S/C13H16ClNO2/c1-9(10-2-3-10)15-13(16)8-17-12-6-4-11(14)5-7-12/h4-7,9-10H,2-3,8H2,1H3,(H,15,16). The van der Waals surface area contributed by atoms with Crippen LogP contribution in [-0.2, 0) is 4.79 Å². The first-order valence-electron chi connectivity index (χ1n) is 5.83. The molecule has 1 unspecified atom stereocenters. The Balaban J connectivity index is 1.73. The van der Waals surface area contributed by atoms with Crippen molar-refractivity contribution in [3.05, 3.63) is 29.3 Å². The summed E-state index contributed by atoms with van der Waals surface area (Å²) in [5, 5.41) is 3.59. The average molecular weight is 254 g/mol. The first-order valence-corrected chi connectivity index (χ1v) is 6.20. The highest BCUT2D eigenvalue weighted by molar-refractivity contribution is 6.30. The van der Waals surface area contributed by atoms with E-state index >= 15 is 0 Å². The summed E-state index contributed by atoms with van der Waals surface area (Å²) in [5.41, 5.74) is 0. The number of hydrogen-bond donors (Lipinski definition) is 1. The lowest BCUT2D eigenvalue weighted by molar-refractivity contribution is -0.123. The van der Waals surface area contributed by atoms with Gasteiger partial charge in [0, 0.05) is 11.1 Å². The molecule has 1 saturated carbocycles. The van der Waals surface area contributed by atoms with E-state index in [4.69, 9.17) is 16.3 Å². The Kier molecular flexibility index (Phi) is 3.89. The van der Waals surface area contributed by atoms with Crippen molar-refractivity contribution < 1.29 is 9.53 Å². The Morgan fingerprint density at radius 2 is 2.12 bits per heavy atom. The number of carbonyl (C=O) groups is 1. The van der Waals surface area contributed by atoms with Gasteiger partial charge in [0.05, 0.1) is 0 Å². The van der Waals surface area contributed by atoms with Gasteiger partial charge in [-0.25, -0.2) is 0 Å². The van der Waals surface area contributed by atoms with Crippen LogP contribution in [-0.4, -0.2) is 18.6 Å². The van der Waals surface area contributed by atoms with E-state index in [1.807, 2.05) is 6.92 Å². The Bertz CT molecular complexity index is 387. The lowest BCUT2D eigenvalue weighted by Crippen LogP contribution is -2.37. The van der Waals surface area contributed by atoms with Crippen LogP contribution in [0.25, 0.3) is 0 Å². The number of benzene rings is 1. The number of carbonyl (C=O) groups excluding carboxylic acids is 1. The fourth-order valence-electron chi connectivity index (χ4n) is 1.69. The zero-order valence-corrected chi connectivity index (χ0v) is 10.5. The highest BCUT2D eigenvalue weighted by atomic mass is 35.5. The molecule has 0 aliphatic heterocycles. The molecule has 1 aromatic rings. The first-order chi connectivity index (χ1) is 8.15. The van der Waals surface area contributed by atoms with Gasteiger partial charge in [0.2, 0.25) is 0 Å². The zero-order valence-electron chi connectivity index (χ0n) is 9.78. The normalized spacial score (nSPS) is 16.4. The quantitative estimate of drug-likeness (QED) is 0.876. The molecule has 92 valence electrons. The summed E-state index contributed by atoms with van der Waals surface area (Å²) in [7, 11) is 0. The third kappa shape index (κ3) is 3.93. The van der Waals surface area contributed by atoms with Crippen LogP contribution in [0.2, 0.25) is 5.02 Å². The van der Waals surface area contributed by atoms with Crippen LogP contribution in [0.15, 0.2) is 24.3 Å². The highest BCUT2D eigenvalue weighted by Gasteiger charge is 2.28. The molecular weight excluding hydrogens is 238 g/mol. The summed E-state index contributed by atoms with van der Waals surface area (Å²) in [6.45, 7) is 2.09. The van der Waals surface area contributed by atoms with E-state index in [0.717, 1.165) is 0 Å². The van der Waals surface area contributed by atoms with Crippen LogP contribution in [0.5, 0.6) is 5.75 Å². The van der Waals surface area contributed by atoms with Crippen LogP contribution in [0, 0.1) is 5.92 Å². The minimum atomic E-state index is -0.0700. The molecule has 0 heterocycles. The molecule has 0 spiro atoms. The van der Waals surface area contributed by atoms with E-state index in [2.05, 4.69) is 5.32 Å². The molecule has 4 heteroatoms. The zero-order chi connectivity index (χ0) is 12.3. The molecule has 0 radical (unpaired) electrons. The van der Waals surface area contributed by atoms with Gasteiger partial charge in [0.15, 0.2) is 6.61 Å². The largest absolute Gasteiger partial charge is 0.484 e. The van der Waals surface area contributed by atoms with Crippen LogP contribution < -0.4 is 10.1 Å². The molecule has 17 heavy (non-hydrogen) atoms. The Morgan fingerprint density at radius 3 is 2.71 bits per heavy atom. The summed E-state index contributed by atoms with van der Waals surface area (Å²) >= 11 is 5.75. The monoisotopic (exact) mass is 253 g/mol. The molecule has 0 saturated heterocycles. The molecule has 1 amide bonds. The Labute approximate surface area is 106 Å². The Morgan fingerprint density at radius 1 is 1.47 bits per heavy atom. The van der Waals surface area contributed by atoms with Gasteiger partial charge in [-0.1, -0.05) is 11.6 Å². The maximum atomic E-state index is 11.6. The van der Waals surface area contributed by atoms with Crippen molar-refractivity contribution in [1.29, 1.82) is 0 Å². The van der Waals surface area contributed by atoms with Crippen LogP contribution in [0.4, 0.5) is 0 Å². The molecule has 0 aromatic heterocycles. The third-order valence-corrected chi connectivity index (χ3v) is 3.15. The predicted molar refractivity (Wildman–Crippen MR) is 67.3 cm³/mol. The molecule has 1 aromatic carbocycles. The molecular formula is C13H16ClNO2. The van der Waals surface area contributed by atoms with Crippen molar-refractivity contribution in [1.82, 2.24) is 5.32 Å². The number of nitrogens with one attached hydrogen (secondary N) is 1. The summed E-state index contributed by atoms with van der Waals surface area (Å²) in [4.78, 5) is 11.6. The van der Waals surface area contributed by atoms with Crippen LogP contribution in [0.3, 0.4) is 0 Å². The molecule has 3 nitrogen and oxygen atoms in total. The second kappa shape index (κ2) is 5.41. The minimum absolute atomic E-state index is 0.0543. The van der Waals surface area contributed by atoms with Crippen LogP contribution >= 0.6 is 11.6 Å². The van der Waals surface area contributed by atoms with Gasteiger partial charge >= 0.3 is 0 Å². The molecule has 1 fully saturated rings. The summed E-state index contributed by atoms with van der Waals surface area (Å²) in [6, 6.07) is 7.24. The smallest absolute Gasteiger partial charge is 0.258 e. The van der Waals surface area contributed by atoms with E-state index in [9.17, 15) is 4.79 Å². The molecule has 1 N–H and O–H groups in total. The van der Waals surface area contributed by atoms with Gasteiger partial charge in [-0.15, -0.1) is 0 Å². The summed E-state index contributed by atoms with van der Waals surface area (Å²) in [6.07, 6.45) is 2.44. The molecule has 1 atom stereocenters. The topological polar surface area (TPSA) is 38.3 Å².